The summed E-state index contributed by atoms with van der Waals surface area (Å²) in [4.78, 5) is 12.2. The molecule has 0 aliphatic carbocycles. The van der Waals surface area contributed by atoms with Gasteiger partial charge in [-0.25, -0.2) is 8.78 Å². The van der Waals surface area contributed by atoms with Crippen molar-refractivity contribution in [2.24, 2.45) is 0 Å². The predicted molar refractivity (Wildman–Crippen MR) is 76.8 cm³/mol. The van der Waals surface area contributed by atoms with Gasteiger partial charge >= 0.3 is 0 Å². The third-order valence-electron chi connectivity index (χ3n) is 3.10. The SMILES string of the molecule is CCCOc1ccc(C(=O)c2c(F)ccc(C)c2F)cc1. The van der Waals surface area contributed by atoms with Crippen molar-refractivity contribution in [3.8, 4) is 5.75 Å². The summed E-state index contributed by atoms with van der Waals surface area (Å²) in [6.07, 6.45) is 0.875. The van der Waals surface area contributed by atoms with E-state index in [1.807, 2.05) is 6.92 Å². The van der Waals surface area contributed by atoms with Crippen LogP contribution in [0.5, 0.6) is 5.75 Å². The molecule has 0 saturated carbocycles. The number of hydrogen-bond acceptors (Lipinski definition) is 2. The lowest BCUT2D eigenvalue weighted by atomic mass is 10.00. The third kappa shape index (κ3) is 3.27. The lowest BCUT2D eigenvalue weighted by Crippen LogP contribution is -2.09. The van der Waals surface area contributed by atoms with Gasteiger partial charge in [-0.2, -0.15) is 0 Å². The Hall–Kier alpha value is -2.23. The zero-order valence-electron chi connectivity index (χ0n) is 12.0. The van der Waals surface area contributed by atoms with Crippen LogP contribution in [0.1, 0.15) is 34.8 Å². The first-order chi connectivity index (χ1) is 10.0. The van der Waals surface area contributed by atoms with Gasteiger partial charge in [-0.15, -0.1) is 0 Å². The highest BCUT2D eigenvalue weighted by atomic mass is 19.1. The van der Waals surface area contributed by atoms with Crippen LogP contribution in [-0.4, -0.2) is 12.4 Å². The molecule has 2 aromatic rings. The van der Waals surface area contributed by atoms with Crippen molar-refractivity contribution in [2.45, 2.75) is 20.3 Å². The maximum absolute atomic E-state index is 14.0. The van der Waals surface area contributed by atoms with E-state index in [9.17, 15) is 13.6 Å². The Morgan fingerprint density at radius 3 is 2.38 bits per heavy atom. The Labute approximate surface area is 122 Å². The Bertz CT molecular complexity index is 649. The van der Waals surface area contributed by atoms with Gasteiger partial charge in [-0.05, 0) is 49.2 Å². The van der Waals surface area contributed by atoms with E-state index in [0.29, 0.717) is 12.4 Å². The molecular formula is C17H16F2O2. The lowest BCUT2D eigenvalue weighted by molar-refractivity contribution is 0.103. The normalized spacial score (nSPS) is 10.5. The highest BCUT2D eigenvalue weighted by Gasteiger charge is 2.20. The Morgan fingerprint density at radius 2 is 1.76 bits per heavy atom. The van der Waals surface area contributed by atoms with Crippen LogP contribution in [0.15, 0.2) is 36.4 Å². The molecule has 2 rings (SSSR count). The number of rotatable bonds is 5. The second-order valence-corrected chi connectivity index (χ2v) is 4.76. The smallest absolute Gasteiger partial charge is 0.198 e. The Kier molecular flexibility index (Phi) is 4.68. The molecule has 110 valence electrons. The quantitative estimate of drug-likeness (QED) is 0.768. The number of ketones is 1. The summed E-state index contributed by atoms with van der Waals surface area (Å²) in [5.74, 6) is -1.71. The van der Waals surface area contributed by atoms with Crippen molar-refractivity contribution < 1.29 is 18.3 Å². The van der Waals surface area contributed by atoms with Gasteiger partial charge in [-0.3, -0.25) is 4.79 Å². The molecule has 0 N–H and O–H groups in total. The monoisotopic (exact) mass is 290 g/mol. The van der Waals surface area contributed by atoms with Crippen LogP contribution in [0.25, 0.3) is 0 Å². The van der Waals surface area contributed by atoms with Gasteiger partial charge in [0.25, 0.3) is 0 Å². The third-order valence-corrected chi connectivity index (χ3v) is 3.10. The molecule has 2 aromatic carbocycles. The summed E-state index contributed by atoms with van der Waals surface area (Å²) in [5.41, 5.74) is -0.0536. The molecule has 0 heterocycles. The molecule has 0 bridgehead atoms. The topological polar surface area (TPSA) is 26.3 Å². The molecule has 0 aromatic heterocycles. The van der Waals surface area contributed by atoms with Gasteiger partial charge < -0.3 is 4.74 Å². The van der Waals surface area contributed by atoms with E-state index in [4.69, 9.17) is 4.74 Å². The highest BCUT2D eigenvalue weighted by molar-refractivity contribution is 6.09. The molecule has 4 heteroatoms. The number of hydrogen-bond donors (Lipinski definition) is 0. The molecule has 0 unspecified atom stereocenters. The summed E-state index contributed by atoms with van der Waals surface area (Å²) < 4.78 is 33.1. The first kappa shape index (κ1) is 15.2. The molecule has 2 nitrogen and oxygen atoms in total. The molecule has 0 radical (unpaired) electrons. The van der Waals surface area contributed by atoms with Gasteiger partial charge in [0.05, 0.1) is 12.2 Å². The molecule has 0 aliphatic heterocycles. The van der Waals surface area contributed by atoms with Crippen LogP contribution in [0.4, 0.5) is 8.78 Å². The van der Waals surface area contributed by atoms with Gasteiger partial charge in [0.15, 0.2) is 5.78 Å². The molecule has 0 amide bonds. The number of carbonyl (C=O) groups excluding carboxylic acids is 1. The maximum Gasteiger partial charge on any atom is 0.198 e. The maximum atomic E-state index is 14.0. The summed E-state index contributed by atoms with van der Waals surface area (Å²) in [6.45, 7) is 4.06. The van der Waals surface area contributed by atoms with Crippen LogP contribution in [0, 0.1) is 18.6 Å². The number of halogens is 2. The second kappa shape index (κ2) is 6.48. The second-order valence-electron chi connectivity index (χ2n) is 4.76. The van der Waals surface area contributed by atoms with Crippen LogP contribution in [0.2, 0.25) is 0 Å². The van der Waals surface area contributed by atoms with Crippen molar-refractivity contribution in [2.75, 3.05) is 6.61 Å². The van der Waals surface area contributed by atoms with Crippen molar-refractivity contribution in [3.05, 3.63) is 64.7 Å². The van der Waals surface area contributed by atoms with Crippen LogP contribution in [0.3, 0.4) is 0 Å². The minimum Gasteiger partial charge on any atom is -0.494 e. The fraction of sp³-hybridized carbons (Fsp3) is 0.235. The number of aryl methyl sites for hydroxylation is 1. The van der Waals surface area contributed by atoms with E-state index in [0.717, 1.165) is 12.5 Å². The molecular weight excluding hydrogens is 274 g/mol. The van der Waals surface area contributed by atoms with Crippen LogP contribution < -0.4 is 4.74 Å². The minimum absolute atomic E-state index is 0.224. The molecule has 0 aliphatic rings. The average Bonchev–Trinajstić information content (AvgIpc) is 2.49. The number of ether oxygens (including phenoxy) is 1. The van der Waals surface area contributed by atoms with Crippen molar-refractivity contribution >= 4 is 5.78 Å². The standard InChI is InChI=1S/C17H16F2O2/c1-3-10-21-13-7-5-12(6-8-13)17(20)15-14(18)9-4-11(2)16(15)19/h4-9H,3,10H2,1-2H3. The lowest BCUT2D eigenvalue weighted by Gasteiger charge is -2.08. The highest BCUT2D eigenvalue weighted by Crippen LogP contribution is 2.21. The van der Waals surface area contributed by atoms with Crippen LogP contribution in [-0.2, 0) is 0 Å². The molecule has 21 heavy (non-hydrogen) atoms. The molecule has 0 fully saturated rings. The van der Waals surface area contributed by atoms with Gasteiger partial charge in [0.1, 0.15) is 17.4 Å². The summed E-state index contributed by atoms with van der Waals surface area (Å²) >= 11 is 0. The van der Waals surface area contributed by atoms with Gasteiger partial charge in [0.2, 0.25) is 0 Å². The number of carbonyl (C=O) groups is 1. The first-order valence-corrected chi connectivity index (χ1v) is 6.76. The minimum atomic E-state index is -0.852. The molecule has 0 saturated heterocycles. The van der Waals surface area contributed by atoms with Crippen molar-refractivity contribution in [1.82, 2.24) is 0 Å². The fourth-order valence-electron chi connectivity index (χ4n) is 1.93. The van der Waals surface area contributed by atoms with Crippen LogP contribution >= 0.6 is 0 Å². The Morgan fingerprint density at radius 1 is 1.10 bits per heavy atom. The zero-order valence-corrected chi connectivity index (χ0v) is 12.0. The Balaban J connectivity index is 2.30. The fourth-order valence-corrected chi connectivity index (χ4v) is 1.93. The van der Waals surface area contributed by atoms with E-state index in [1.165, 1.54) is 25.1 Å². The first-order valence-electron chi connectivity index (χ1n) is 6.76. The molecule has 0 atom stereocenters. The van der Waals surface area contributed by atoms with E-state index >= 15 is 0 Å². The van der Waals surface area contributed by atoms with Crippen molar-refractivity contribution in [1.29, 1.82) is 0 Å². The molecule has 0 spiro atoms. The van der Waals surface area contributed by atoms with E-state index in [-0.39, 0.29) is 11.1 Å². The average molecular weight is 290 g/mol. The van der Waals surface area contributed by atoms with Crippen molar-refractivity contribution in [3.63, 3.8) is 0 Å². The van der Waals surface area contributed by atoms with E-state index in [1.54, 1.807) is 12.1 Å². The van der Waals surface area contributed by atoms with Gasteiger partial charge in [0, 0.05) is 5.56 Å². The van der Waals surface area contributed by atoms with E-state index < -0.39 is 23.0 Å². The largest absolute Gasteiger partial charge is 0.494 e. The predicted octanol–water partition coefficient (Wildman–Crippen LogP) is 4.29. The summed E-state index contributed by atoms with van der Waals surface area (Å²) in [6, 6.07) is 8.67. The summed E-state index contributed by atoms with van der Waals surface area (Å²) in [5, 5.41) is 0. The summed E-state index contributed by atoms with van der Waals surface area (Å²) in [7, 11) is 0. The van der Waals surface area contributed by atoms with E-state index in [2.05, 4.69) is 0 Å². The number of benzene rings is 2. The van der Waals surface area contributed by atoms with Gasteiger partial charge in [-0.1, -0.05) is 13.0 Å². The zero-order chi connectivity index (χ0) is 15.4.